The Balaban J connectivity index is 2.00. The van der Waals surface area contributed by atoms with Crippen LogP contribution in [0.5, 0.6) is 0 Å². The van der Waals surface area contributed by atoms with Gasteiger partial charge in [-0.15, -0.1) is 0 Å². The van der Waals surface area contributed by atoms with Gasteiger partial charge in [0.2, 0.25) is 5.91 Å². The monoisotopic (exact) mass is 266 g/mol. The first-order valence-corrected chi connectivity index (χ1v) is 7.74. The number of hydrogen-bond donors (Lipinski definition) is 2. The first-order chi connectivity index (χ1) is 8.68. The molecule has 19 heavy (non-hydrogen) atoms. The summed E-state index contributed by atoms with van der Waals surface area (Å²) in [4.78, 5) is 12.2. The molecule has 0 heterocycles. The molecule has 2 aliphatic rings. The van der Waals surface area contributed by atoms with Crippen LogP contribution >= 0.6 is 0 Å². The molecule has 0 aromatic rings. The molecule has 4 atom stereocenters. The summed E-state index contributed by atoms with van der Waals surface area (Å²) in [6.45, 7) is 11.3. The third kappa shape index (κ3) is 2.31. The Morgan fingerprint density at radius 2 is 2.00 bits per heavy atom. The zero-order valence-electron chi connectivity index (χ0n) is 13.1. The van der Waals surface area contributed by atoms with E-state index >= 15 is 0 Å². The fourth-order valence-electron chi connectivity index (χ4n) is 4.32. The molecule has 2 bridgehead atoms. The second-order valence-corrected chi connectivity index (χ2v) is 7.91. The predicted molar refractivity (Wildman–Crippen MR) is 78.6 cm³/mol. The van der Waals surface area contributed by atoms with Gasteiger partial charge < -0.3 is 11.1 Å². The number of hydrogen-bond acceptors (Lipinski definition) is 2. The molecule has 3 heteroatoms. The first-order valence-electron chi connectivity index (χ1n) is 7.74. The highest BCUT2D eigenvalue weighted by Crippen LogP contribution is 2.65. The Morgan fingerprint density at radius 1 is 1.37 bits per heavy atom. The summed E-state index contributed by atoms with van der Waals surface area (Å²) in [6.07, 6.45) is 4.44. The number of carbonyl (C=O) groups is 1. The maximum absolute atomic E-state index is 12.2. The summed E-state index contributed by atoms with van der Waals surface area (Å²) in [7, 11) is 0. The van der Waals surface area contributed by atoms with Crippen LogP contribution in [0.4, 0.5) is 0 Å². The van der Waals surface area contributed by atoms with E-state index in [4.69, 9.17) is 5.73 Å². The highest BCUT2D eigenvalue weighted by Gasteiger charge is 2.61. The van der Waals surface area contributed by atoms with E-state index in [-0.39, 0.29) is 17.4 Å². The molecule has 3 unspecified atom stereocenters. The maximum atomic E-state index is 12.2. The van der Waals surface area contributed by atoms with Gasteiger partial charge >= 0.3 is 0 Å². The Morgan fingerprint density at radius 3 is 2.42 bits per heavy atom. The molecule has 0 spiro atoms. The van der Waals surface area contributed by atoms with Crippen LogP contribution < -0.4 is 11.1 Å². The third-order valence-corrected chi connectivity index (χ3v) is 6.17. The van der Waals surface area contributed by atoms with Gasteiger partial charge in [-0.2, -0.15) is 0 Å². The summed E-state index contributed by atoms with van der Waals surface area (Å²) < 4.78 is 0. The molecule has 0 aliphatic heterocycles. The molecule has 3 nitrogen and oxygen atoms in total. The molecule has 0 radical (unpaired) electrons. The molecule has 2 aliphatic carbocycles. The minimum atomic E-state index is -0.356. The van der Waals surface area contributed by atoms with Crippen LogP contribution in [0.25, 0.3) is 0 Å². The van der Waals surface area contributed by atoms with Gasteiger partial charge in [-0.25, -0.2) is 0 Å². The molecule has 0 saturated heterocycles. The van der Waals surface area contributed by atoms with Crippen LogP contribution in [0.15, 0.2) is 0 Å². The first kappa shape index (κ1) is 14.8. The SMILES string of the molecule is CC(C)C[C@@H](N)C(=O)NC1CC2CCC1(C)C2(C)C. The van der Waals surface area contributed by atoms with E-state index in [2.05, 4.69) is 39.9 Å². The van der Waals surface area contributed by atoms with Crippen LogP contribution in [0.3, 0.4) is 0 Å². The van der Waals surface area contributed by atoms with Crippen molar-refractivity contribution >= 4 is 5.91 Å². The second-order valence-electron chi connectivity index (χ2n) is 7.91. The van der Waals surface area contributed by atoms with E-state index in [9.17, 15) is 4.79 Å². The normalized spacial score (nSPS) is 37.6. The molecule has 2 saturated carbocycles. The van der Waals surface area contributed by atoms with Gasteiger partial charge in [0.15, 0.2) is 0 Å². The lowest BCUT2D eigenvalue weighted by Crippen LogP contribution is -2.51. The highest BCUT2D eigenvalue weighted by atomic mass is 16.2. The van der Waals surface area contributed by atoms with Crippen molar-refractivity contribution in [2.45, 2.75) is 72.4 Å². The second kappa shape index (κ2) is 4.76. The van der Waals surface area contributed by atoms with Gasteiger partial charge in [-0.1, -0.05) is 34.6 Å². The van der Waals surface area contributed by atoms with E-state index in [1.807, 2.05) is 0 Å². The van der Waals surface area contributed by atoms with Gasteiger partial charge in [0, 0.05) is 6.04 Å². The van der Waals surface area contributed by atoms with Crippen molar-refractivity contribution < 1.29 is 4.79 Å². The number of carbonyl (C=O) groups excluding carboxylic acids is 1. The van der Waals surface area contributed by atoms with E-state index in [1.54, 1.807) is 0 Å². The van der Waals surface area contributed by atoms with Crippen LogP contribution in [0, 0.1) is 22.7 Å². The molecule has 2 fully saturated rings. The minimum absolute atomic E-state index is 0.0447. The molecule has 3 N–H and O–H groups in total. The van der Waals surface area contributed by atoms with Gasteiger partial charge in [0.25, 0.3) is 0 Å². The van der Waals surface area contributed by atoms with Gasteiger partial charge in [0.1, 0.15) is 0 Å². The van der Waals surface area contributed by atoms with Crippen LogP contribution in [-0.4, -0.2) is 18.0 Å². The van der Waals surface area contributed by atoms with E-state index in [1.165, 1.54) is 12.8 Å². The van der Waals surface area contributed by atoms with Crippen molar-refractivity contribution in [2.24, 2.45) is 28.4 Å². The largest absolute Gasteiger partial charge is 0.351 e. The third-order valence-electron chi connectivity index (χ3n) is 6.17. The zero-order valence-corrected chi connectivity index (χ0v) is 13.1. The number of fused-ring (bicyclic) bond motifs is 2. The Bertz CT molecular complexity index is 364. The summed E-state index contributed by atoms with van der Waals surface area (Å²) >= 11 is 0. The average molecular weight is 266 g/mol. The zero-order chi connectivity index (χ0) is 14.4. The molecular formula is C16H30N2O. The van der Waals surface area contributed by atoms with Gasteiger partial charge in [0.05, 0.1) is 6.04 Å². The average Bonchev–Trinajstić information content (AvgIpc) is 2.61. The van der Waals surface area contributed by atoms with Crippen molar-refractivity contribution in [1.29, 1.82) is 0 Å². The lowest BCUT2D eigenvalue weighted by Gasteiger charge is -2.39. The van der Waals surface area contributed by atoms with E-state index in [0.29, 0.717) is 17.4 Å². The summed E-state index contributed by atoms with van der Waals surface area (Å²) in [5, 5.41) is 3.25. The van der Waals surface area contributed by atoms with Crippen molar-refractivity contribution in [3.05, 3.63) is 0 Å². The quantitative estimate of drug-likeness (QED) is 0.822. The van der Waals surface area contributed by atoms with Gasteiger partial charge in [-0.05, 0) is 48.3 Å². The lowest BCUT2D eigenvalue weighted by molar-refractivity contribution is -0.124. The highest BCUT2D eigenvalue weighted by molar-refractivity contribution is 5.81. The topological polar surface area (TPSA) is 55.1 Å². The molecular weight excluding hydrogens is 236 g/mol. The fourth-order valence-corrected chi connectivity index (χ4v) is 4.32. The molecule has 1 amide bonds. The predicted octanol–water partition coefficient (Wildman–Crippen LogP) is 2.69. The number of nitrogens with two attached hydrogens (primary N) is 1. The van der Waals surface area contributed by atoms with E-state index < -0.39 is 0 Å². The summed E-state index contributed by atoms with van der Waals surface area (Å²) in [6, 6.07) is -0.0437. The minimum Gasteiger partial charge on any atom is -0.351 e. The van der Waals surface area contributed by atoms with Crippen molar-refractivity contribution in [2.75, 3.05) is 0 Å². The molecule has 0 aromatic carbocycles. The number of nitrogens with one attached hydrogen (secondary N) is 1. The summed E-state index contributed by atoms with van der Waals surface area (Å²) in [5.74, 6) is 1.26. The van der Waals surface area contributed by atoms with Crippen molar-refractivity contribution in [1.82, 2.24) is 5.32 Å². The van der Waals surface area contributed by atoms with E-state index in [0.717, 1.165) is 18.8 Å². The molecule has 0 aromatic heterocycles. The van der Waals surface area contributed by atoms with Crippen molar-refractivity contribution in [3.63, 3.8) is 0 Å². The standard InChI is InChI=1S/C16H30N2O/c1-10(2)8-12(17)14(19)18-13-9-11-6-7-16(13,5)15(11,3)4/h10-13H,6-9,17H2,1-5H3,(H,18,19)/t11?,12-,13?,16?/m1/s1. The van der Waals surface area contributed by atoms with Crippen molar-refractivity contribution in [3.8, 4) is 0 Å². The van der Waals surface area contributed by atoms with Crippen LogP contribution in [0.1, 0.15) is 60.3 Å². The Labute approximate surface area is 117 Å². The van der Waals surface area contributed by atoms with Crippen LogP contribution in [0.2, 0.25) is 0 Å². The number of rotatable bonds is 4. The smallest absolute Gasteiger partial charge is 0.237 e. The Hall–Kier alpha value is -0.570. The summed E-state index contributed by atoms with van der Waals surface area (Å²) in [5.41, 5.74) is 6.57. The molecule has 2 rings (SSSR count). The Kier molecular flexibility index (Phi) is 3.72. The number of amides is 1. The maximum Gasteiger partial charge on any atom is 0.237 e. The lowest BCUT2D eigenvalue weighted by atomic mass is 9.69. The fraction of sp³-hybridized carbons (Fsp3) is 0.938. The molecule has 110 valence electrons. The van der Waals surface area contributed by atoms with Gasteiger partial charge in [-0.3, -0.25) is 4.79 Å². The van der Waals surface area contributed by atoms with Crippen LogP contribution in [-0.2, 0) is 4.79 Å².